The molecule has 13 heteroatoms. The Morgan fingerprint density at radius 3 is 1.19 bits per heavy atom. The van der Waals surface area contributed by atoms with Gasteiger partial charge in [-0.05, 0) is 37.1 Å². The van der Waals surface area contributed by atoms with Crippen molar-refractivity contribution in [1.82, 2.24) is 0 Å². The Kier molecular flexibility index (Phi) is 9.05. The summed E-state index contributed by atoms with van der Waals surface area (Å²) in [5.74, 6) is 0. The minimum atomic E-state index is -4.55. The largest absolute Gasteiger partial charge is 2.00 e. The van der Waals surface area contributed by atoms with Crippen molar-refractivity contribution in [2.45, 2.75) is 23.6 Å². The van der Waals surface area contributed by atoms with Gasteiger partial charge in [0.1, 0.15) is 20.2 Å². The minimum absolute atomic E-state index is 0. The van der Waals surface area contributed by atoms with E-state index in [9.17, 15) is 25.9 Å². The van der Waals surface area contributed by atoms with Crippen molar-refractivity contribution in [1.29, 1.82) is 0 Å². The molecule has 152 valence electrons. The number of nitrogen functional groups attached to an aromatic ring is 2. The van der Waals surface area contributed by atoms with Gasteiger partial charge in [-0.15, -0.1) is 0 Å². The number of halogens is 2. The molecule has 0 saturated heterocycles. The summed E-state index contributed by atoms with van der Waals surface area (Å²) in [5.41, 5.74) is 11.5. The van der Waals surface area contributed by atoms with Crippen LogP contribution in [0.4, 0.5) is 11.4 Å². The summed E-state index contributed by atoms with van der Waals surface area (Å²) < 4.78 is 64.4. The van der Waals surface area contributed by atoms with Gasteiger partial charge in [0.05, 0.1) is 31.2 Å². The van der Waals surface area contributed by atoms with Gasteiger partial charge in [-0.25, -0.2) is 16.8 Å². The Labute approximate surface area is 177 Å². The zero-order chi connectivity index (χ0) is 20.4. The van der Waals surface area contributed by atoms with E-state index in [1.807, 2.05) is 0 Å². The molecule has 0 heterocycles. The second kappa shape index (κ2) is 9.42. The Morgan fingerprint density at radius 1 is 0.741 bits per heavy atom. The summed E-state index contributed by atoms with van der Waals surface area (Å²) >= 11 is 11.2. The average molecular weight is 500 g/mol. The van der Waals surface area contributed by atoms with Crippen LogP contribution in [0.15, 0.2) is 34.1 Å². The number of rotatable bonds is 2. The summed E-state index contributed by atoms with van der Waals surface area (Å²) in [6.07, 6.45) is 0. The molecule has 8 nitrogen and oxygen atoms in total. The predicted molar refractivity (Wildman–Crippen MR) is 97.1 cm³/mol. The molecular formula is C14H14Cl2N2NiO6S2. The fraction of sp³-hybridized carbons (Fsp3) is 0.143. The third-order valence-electron chi connectivity index (χ3n) is 3.15. The zero-order valence-corrected chi connectivity index (χ0v) is 17.9. The Hall–Kier alpha value is -1.07. The molecule has 2 aromatic carbocycles. The van der Waals surface area contributed by atoms with Crippen LogP contribution in [0.3, 0.4) is 0 Å². The average Bonchev–Trinajstić information content (AvgIpc) is 2.45. The van der Waals surface area contributed by atoms with E-state index >= 15 is 0 Å². The Balaban J connectivity index is 0.000000483. The molecule has 0 fully saturated rings. The summed E-state index contributed by atoms with van der Waals surface area (Å²) in [5, 5.41) is -0.398. The van der Waals surface area contributed by atoms with Gasteiger partial charge in [0.25, 0.3) is 0 Å². The van der Waals surface area contributed by atoms with Crippen molar-refractivity contribution in [3.8, 4) is 0 Å². The van der Waals surface area contributed by atoms with Crippen molar-refractivity contribution in [2.24, 2.45) is 0 Å². The second-order valence-electron chi connectivity index (χ2n) is 5.14. The van der Waals surface area contributed by atoms with Crippen molar-refractivity contribution >= 4 is 54.8 Å². The topological polar surface area (TPSA) is 166 Å². The number of nitrogens with two attached hydrogens (primary N) is 2. The van der Waals surface area contributed by atoms with Crippen LogP contribution >= 0.6 is 23.2 Å². The maximum absolute atomic E-state index is 10.7. The van der Waals surface area contributed by atoms with Gasteiger partial charge in [-0.1, -0.05) is 35.3 Å². The molecule has 2 rings (SSSR count). The van der Waals surface area contributed by atoms with Crippen LogP contribution in [-0.2, 0) is 36.7 Å². The minimum Gasteiger partial charge on any atom is -0.744 e. The molecule has 0 radical (unpaired) electrons. The van der Waals surface area contributed by atoms with E-state index in [2.05, 4.69) is 0 Å². The van der Waals surface area contributed by atoms with E-state index in [0.29, 0.717) is 11.1 Å². The Morgan fingerprint density at radius 2 is 1.00 bits per heavy atom. The molecule has 0 unspecified atom stereocenters. The van der Waals surface area contributed by atoms with Crippen LogP contribution in [0.25, 0.3) is 0 Å². The quantitative estimate of drug-likeness (QED) is 0.360. The van der Waals surface area contributed by atoms with E-state index in [4.69, 9.17) is 34.7 Å². The van der Waals surface area contributed by atoms with Crippen LogP contribution in [0.2, 0.25) is 10.0 Å². The predicted octanol–water partition coefficient (Wildman–Crippen LogP) is 2.27. The number of hydrogen-bond donors (Lipinski definition) is 2. The number of benzene rings is 2. The van der Waals surface area contributed by atoms with Crippen molar-refractivity contribution in [2.75, 3.05) is 11.5 Å². The smallest absolute Gasteiger partial charge is 0.744 e. The van der Waals surface area contributed by atoms with Gasteiger partial charge in [0, 0.05) is 0 Å². The first kappa shape index (κ1) is 25.9. The van der Waals surface area contributed by atoms with Gasteiger partial charge < -0.3 is 20.6 Å². The zero-order valence-electron chi connectivity index (χ0n) is 13.8. The van der Waals surface area contributed by atoms with Crippen LogP contribution < -0.4 is 11.5 Å². The normalized spacial score (nSPS) is 11.2. The molecular weight excluding hydrogens is 486 g/mol. The summed E-state index contributed by atoms with van der Waals surface area (Å²) in [6, 6.07) is 5.77. The maximum Gasteiger partial charge on any atom is 2.00 e. The molecule has 4 N–H and O–H groups in total. The van der Waals surface area contributed by atoms with Gasteiger partial charge in [0.2, 0.25) is 0 Å². The van der Waals surface area contributed by atoms with Gasteiger partial charge in [0.15, 0.2) is 0 Å². The van der Waals surface area contributed by atoms with Crippen molar-refractivity contribution in [3.05, 3.63) is 45.4 Å². The van der Waals surface area contributed by atoms with Crippen LogP contribution in [-0.4, -0.2) is 25.9 Å². The van der Waals surface area contributed by atoms with Crippen molar-refractivity contribution in [3.63, 3.8) is 0 Å². The fourth-order valence-corrected chi connectivity index (χ4v) is 4.54. The van der Waals surface area contributed by atoms with Gasteiger partial charge >= 0.3 is 16.5 Å². The Bertz CT molecular complexity index is 974. The van der Waals surface area contributed by atoms with Gasteiger partial charge in [-0.3, -0.25) is 0 Å². The third kappa shape index (κ3) is 6.50. The molecule has 0 amide bonds. The van der Waals surface area contributed by atoms with E-state index in [0.717, 1.165) is 0 Å². The number of anilines is 2. The van der Waals surface area contributed by atoms with Crippen LogP contribution in [0.1, 0.15) is 11.1 Å². The molecule has 27 heavy (non-hydrogen) atoms. The molecule has 2 aromatic rings. The standard InChI is InChI=1S/2C7H8ClNO3S.Ni/c2*1-4-2-3-5(9)6(8)7(4)13(10,11)12;/h2*2-3H,9H2,1H3,(H,10,11,12);/q;;+2/p-2. The van der Waals surface area contributed by atoms with Crippen LogP contribution in [0.5, 0.6) is 0 Å². The number of aryl methyl sites for hydroxylation is 2. The second-order valence-corrected chi connectivity index (χ2v) is 8.53. The first-order chi connectivity index (χ1) is 11.7. The molecule has 0 saturated carbocycles. The maximum atomic E-state index is 10.7. The monoisotopic (exact) mass is 498 g/mol. The van der Waals surface area contributed by atoms with E-state index in [1.165, 1.54) is 38.1 Å². The summed E-state index contributed by atoms with van der Waals surface area (Å²) in [4.78, 5) is -0.872. The molecule has 0 atom stereocenters. The molecule has 0 aliphatic heterocycles. The van der Waals surface area contributed by atoms with Gasteiger partial charge in [-0.2, -0.15) is 0 Å². The van der Waals surface area contributed by atoms with E-state index < -0.39 is 30.0 Å². The van der Waals surface area contributed by atoms with E-state index in [-0.39, 0.29) is 37.9 Å². The molecule has 0 spiro atoms. The van der Waals surface area contributed by atoms with Crippen molar-refractivity contribution < 1.29 is 42.4 Å². The first-order valence-electron chi connectivity index (χ1n) is 6.68. The number of hydrogen-bond acceptors (Lipinski definition) is 8. The summed E-state index contributed by atoms with van der Waals surface area (Å²) in [7, 11) is -9.10. The summed E-state index contributed by atoms with van der Waals surface area (Å²) in [6.45, 7) is 2.96. The molecule has 0 aromatic heterocycles. The SMILES string of the molecule is Cc1ccc(N)c(Cl)c1S(=O)(=O)[O-].Cc1ccc(N)c(Cl)c1S(=O)(=O)[O-].[Ni+2]. The van der Waals surface area contributed by atoms with Crippen LogP contribution in [0, 0.1) is 13.8 Å². The third-order valence-corrected chi connectivity index (χ3v) is 6.24. The molecule has 0 aliphatic rings. The molecule has 0 aliphatic carbocycles. The first-order valence-corrected chi connectivity index (χ1v) is 10.3. The fourth-order valence-electron chi connectivity index (χ4n) is 1.95. The molecule has 0 bridgehead atoms. The van der Waals surface area contributed by atoms with E-state index in [1.54, 1.807) is 0 Å².